The topological polar surface area (TPSA) is 0 Å². The lowest BCUT2D eigenvalue weighted by Gasteiger charge is -2.76. The van der Waals surface area contributed by atoms with E-state index in [1.165, 1.54) is 0 Å². The highest BCUT2D eigenvalue weighted by molar-refractivity contribution is 9.10. The molecule has 8 saturated carbocycles. The first-order valence-electron chi connectivity index (χ1n) is 11.1. The van der Waals surface area contributed by atoms with E-state index in [0.717, 1.165) is 38.5 Å². The van der Waals surface area contributed by atoms with Gasteiger partial charge in [-0.2, -0.15) is 26.3 Å². The SMILES string of the molecule is FC(F)(F)C12CC3(Br)CC(C(F)(F)F)(C1)CC(C14CC5CC(CC(C5)C1)C4)(C3)C2. The van der Waals surface area contributed by atoms with E-state index in [1.54, 1.807) is 0 Å². The first-order chi connectivity index (χ1) is 13.2. The van der Waals surface area contributed by atoms with Crippen molar-refractivity contribution in [1.29, 1.82) is 0 Å². The number of hydrogen-bond acceptors (Lipinski definition) is 0. The molecular weight excluding hydrogens is 458 g/mol. The summed E-state index contributed by atoms with van der Waals surface area (Å²) in [4.78, 5) is 0. The molecule has 8 fully saturated rings. The molecule has 29 heavy (non-hydrogen) atoms. The van der Waals surface area contributed by atoms with Crippen LogP contribution in [0.5, 0.6) is 0 Å². The Morgan fingerprint density at radius 2 is 0.966 bits per heavy atom. The second-order valence-electron chi connectivity index (χ2n) is 12.2. The van der Waals surface area contributed by atoms with Gasteiger partial charge >= 0.3 is 12.4 Å². The van der Waals surface area contributed by atoms with Crippen LogP contribution in [0.4, 0.5) is 26.3 Å². The van der Waals surface area contributed by atoms with Crippen LogP contribution < -0.4 is 0 Å². The van der Waals surface area contributed by atoms with E-state index in [1.807, 2.05) is 0 Å². The lowest BCUT2D eigenvalue weighted by molar-refractivity contribution is -0.365. The monoisotopic (exact) mass is 484 g/mol. The zero-order valence-electron chi connectivity index (χ0n) is 16.4. The average Bonchev–Trinajstić information content (AvgIpc) is 2.49. The zero-order valence-corrected chi connectivity index (χ0v) is 17.9. The van der Waals surface area contributed by atoms with E-state index in [-0.39, 0.29) is 31.1 Å². The molecule has 0 aromatic carbocycles. The largest absolute Gasteiger partial charge is 0.394 e. The van der Waals surface area contributed by atoms with Crippen molar-refractivity contribution in [1.82, 2.24) is 0 Å². The average molecular weight is 485 g/mol. The molecule has 0 spiro atoms. The Kier molecular flexibility index (Phi) is 3.51. The molecule has 8 bridgehead atoms. The van der Waals surface area contributed by atoms with Crippen molar-refractivity contribution >= 4 is 15.9 Å². The van der Waals surface area contributed by atoms with Crippen LogP contribution in [-0.4, -0.2) is 16.7 Å². The highest BCUT2D eigenvalue weighted by Crippen LogP contribution is 2.84. The molecule has 8 aliphatic carbocycles. The quantitative estimate of drug-likeness (QED) is 0.263. The molecule has 0 heterocycles. The normalized spacial score (nSPS) is 58.2. The van der Waals surface area contributed by atoms with Crippen molar-refractivity contribution in [2.24, 2.45) is 39.4 Å². The summed E-state index contributed by atoms with van der Waals surface area (Å²) >= 11 is 3.53. The van der Waals surface area contributed by atoms with Gasteiger partial charge in [-0.25, -0.2) is 0 Å². The second kappa shape index (κ2) is 5.17. The van der Waals surface area contributed by atoms with Gasteiger partial charge in [-0.05, 0) is 106 Å². The van der Waals surface area contributed by atoms with Crippen molar-refractivity contribution in [3.8, 4) is 0 Å². The maximum absolute atomic E-state index is 14.5. The summed E-state index contributed by atoms with van der Waals surface area (Å²) in [5, 5.41) is 0. The third-order valence-corrected chi connectivity index (χ3v) is 11.2. The van der Waals surface area contributed by atoms with Gasteiger partial charge in [0.2, 0.25) is 0 Å². The van der Waals surface area contributed by atoms with Crippen molar-refractivity contribution < 1.29 is 26.3 Å². The van der Waals surface area contributed by atoms with Gasteiger partial charge in [-0.1, -0.05) is 15.9 Å². The minimum absolute atomic E-state index is 0.0686. The van der Waals surface area contributed by atoms with E-state index >= 15 is 0 Å². The molecule has 164 valence electrons. The lowest BCUT2D eigenvalue weighted by Crippen LogP contribution is -2.73. The van der Waals surface area contributed by atoms with Crippen LogP contribution in [0.3, 0.4) is 0 Å². The Morgan fingerprint density at radius 1 is 0.552 bits per heavy atom. The summed E-state index contributed by atoms with van der Waals surface area (Å²) in [5.41, 5.74) is -5.52. The molecule has 8 rings (SSSR count). The predicted molar refractivity (Wildman–Crippen MR) is 99.4 cm³/mol. The van der Waals surface area contributed by atoms with Crippen LogP contribution in [0.25, 0.3) is 0 Å². The van der Waals surface area contributed by atoms with Crippen molar-refractivity contribution in [3.63, 3.8) is 0 Å². The summed E-state index contributed by atoms with van der Waals surface area (Å²) in [5.74, 6) is 1.55. The van der Waals surface area contributed by atoms with Crippen molar-refractivity contribution in [3.05, 3.63) is 0 Å². The highest BCUT2D eigenvalue weighted by Gasteiger charge is 2.82. The Labute approximate surface area is 175 Å². The van der Waals surface area contributed by atoms with Crippen molar-refractivity contribution in [2.45, 2.75) is 93.7 Å². The smallest absolute Gasteiger partial charge is 0.171 e. The fourth-order valence-electron chi connectivity index (χ4n) is 10.4. The first-order valence-corrected chi connectivity index (χ1v) is 11.8. The van der Waals surface area contributed by atoms with Crippen LogP contribution in [0.1, 0.15) is 77.0 Å². The lowest BCUT2D eigenvalue weighted by atomic mass is 9.30. The molecule has 0 aliphatic heterocycles. The molecule has 0 nitrogen and oxygen atoms in total. The summed E-state index contributed by atoms with van der Waals surface area (Å²) in [7, 11) is 0. The van der Waals surface area contributed by atoms with E-state index < -0.39 is 39.3 Å². The van der Waals surface area contributed by atoms with E-state index in [4.69, 9.17) is 0 Å². The van der Waals surface area contributed by atoms with Crippen molar-refractivity contribution in [2.75, 3.05) is 0 Å². The van der Waals surface area contributed by atoms with Gasteiger partial charge in [0.25, 0.3) is 0 Å². The number of halogens is 7. The van der Waals surface area contributed by atoms with Gasteiger partial charge < -0.3 is 0 Å². The van der Waals surface area contributed by atoms with Gasteiger partial charge in [0.1, 0.15) is 0 Å². The molecule has 2 atom stereocenters. The minimum atomic E-state index is -4.59. The Hall–Kier alpha value is 0.0600. The van der Waals surface area contributed by atoms with Crippen LogP contribution in [0, 0.1) is 39.4 Å². The molecule has 0 radical (unpaired) electrons. The molecule has 0 amide bonds. The first kappa shape index (κ1) is 19.7. The van der Waals surface area contributed by atoms with E-state index in [0.29, 0.717) is 24.2 Å². The molecule has 8 aliphatic rings. The molecule has 0 aromatic rings. The van der Waals surface area contributed by atoms with Gasteiger partial charge in [0.05, 0.1) is 10.8 Å². The molecule has 0 saturated heterocycles. The standard InChI is InChI=1S/C22H27BrF6/c23-20-10-17(16-4-13-1-14(5-16)3-15(2-13)6-16)7-18(11-20,21(24,25)26)9-19(8-17,12-20)22(27,28)29/h13-15H,1-12H2. The van der Waals surface area contributed by atoms with Crippen LogP contribution in [0.15, 0.2) is 0 Å². The molecule has 2 unspecified atom stereocenters. The van der Waals surface area contributed by atoms with Crippen LogP contribution in [-0.2, 0) is 0 Å². The third-order valence-electron chi connectivity index (χ3n) is 10.4. The number of rotatable bonds is 1. The van der Waals surface area contributed by atoms with Gasteiger partial charge in [-0.15, -0.1) is 0 Å². The molecule has 0 aromatic heterocycles. The molecular formula is C22H27BrF6. The summed E-state index contributed by atoms with van der Waals surface area (Å²) in [6, 6.07) is 0. The van der Waals surface area contributed by atoms with Gasteiger partial charge in [0.15, 0.2) is 0 Å². The van der Waals surface area contributed by atoms with Crippen LogP contribution in [0.2, 0.25) is 0 Å². The zero-order chi connectivity index (χ0) is 20.7. The fourth-order valence-corrected chi connectivity index (χ4v) is 12.0. The maximum atomic E-state index is 14.5. The fraction of sp³-hybridized carbons (Fsp3) is 1.00. The Balaban J connectivity index is 1.54. The highest BCUT2D eigenvalue weighted by atomic mass is 79.9. The van der Waals surface area contributed by atoms with Crippen LogP contribution >= 0.6 is 15.9 Å². The summed E-state index contributed by atoms with van der Waals surface area (Å²) in [6.07, 6.45) is -3.91. The second-order valence-corrected chi connectivity index (χ2v) is 13.9. The third kappa shape index (κ3) is 2.35. The summed E-state index contributed by atoms with van der Waals surface area (Å²) in [6.45, 7) is 0. The Bertz CT molecular complexity index is 686. The van der Waals surface area contributed by atoms with E-state index in [2.05, 4.69) is 15.9 Å². The Morgan fingerprint density at radius 3 is 1.34 bits per heavy atom. The van der Waals surface area contributed by atoms with Gasteiger partial charge in [-0.3, -0.25) is 0 Å². The minimum Gasteiger partial charge on any atom is -0.171 e. The number of alkyl halides is 7. The summed E-state index contributed by atoms with van der Waals surface area (Å²) < 4.78 is 85.8. The molecule has 7 heteroatoms. The van der Waals surface area contributed by atoms with E-state index in [9.17, 15) is 26.3 Å². The number of hydrogen-bond donors (Lipinski definition) is 0. The predicted octanol–water partition coefficient (Wildman–Crippen LogP) is 7.80. The van der Waals surface area contributed by atoms with Gasteiger partial charge in [0, 0.05) is 4.32 Å². The maximum Gasteiger partial charge on any atom is 0.394 e. The molecule has 0 N–H and O–H groups in total.